The van der Waals surface area contributed by atoms with Crippen LogP contribution in [0.4, 0.5) is 0 Å². The predicted molar refractivity (Wildman–Crippen MR) is 115 cm³/mol. The maximum Gasteiger partial charge on any atom is 0.257 e. The molecule has 0 aromatic carbocycles. The van der Waals surface area contributed by atoms with E-state index in [1.54, 1.807) is 16.3 Å². The van der Waals surface area contributed by atoms with E-state index in [1.807, 2.05) is 13.8 Å². The van der Waals surface area contributed by atoms with Crippen molar-refractivity contribution in [3.05, 3.63) is 21.6 Å². The molecule has 1 N–H and O–H groups in total. The summed E-state index contributed by atoms with van der Waals surface area (Å²) in [5.41, 5.74) is 1.49. The van der Waals surface area contributed by atoms with Gasteiger partial charge in [-0.05, 0) is 26.7 Å². The van der Waals surface area contributed by atoms with Crippen molar-refractivity contribution >= 4 is 17.7 Å². The first kappa shape index (κ1) is 21.4. The molecule has 5 nitrogen and oxygen atoms in total. The van der Waals surface area contributed by atoms with Crippen LogP contribution in [0.1, 0.15) is 94.3 Å². The zero-order valence-electron chi connectivity index (χ0n) is 17.5. The number of hydrogen-bond acceptors (Lipinski definition) is 4. The second kappa shape index (κ2) is 10.5. The number of thioether (sulfide) groups is 1. The lowest BCUT2D eigenvalue weighted by molar-refractivity contribution is -0.122. The van der Waals surface area contributed by atoms with Crippen LogP contribution in [0, 0.1) is 13.8 Å². The van der Waals surface area contributed by atoms with Crippen LogP contribution in [0.5, 0.6) is 0 Å². The molecule has 1 aliphatic heterocycles. The lowest BCUT2D eigenvalue weighted by Gasteiger charge is -2.21. The molecule has 1 aromatic heterocycles. The fraction of sp³-hybridized carbons (Fsp3) is 0.773. The molecule has 2 heterocycles. The standard InChI is InChI=1S/C22H35N3O2S/c1-16-17(2)23-22-25(21(16)27)19(15-28-22)14-20(26)24-18-12-10-8-6-4-3-5-7-9-11-13-18/h18-19H,3-15H2,1-2H3,(H,24,26). The highest BCUT2D eigenvalue weighted by Gasteiger charge is 2.29. The highest BCUT2D eigenvalue weighted by atomic mass is 32.2. The SMILES string of the molecule is Cc1nc2n(c(=O)c1C)C(CC(=O)NC1CCCCCCCCCCC1)CS2. The Morgan fingerprint density at radius 2 is 1.61 bits per heavy atom. The quantitative estimate of drug-likeness (QED) is 0.741. The number of carbonyl (C=O) groups excluding carboxylic acids is 1. The number of fused-ring (bicyclic) bond motifs is 1. The van der Waals surface area contributed by atoms with Crippen molar-refractivity contribution in [3.8, 4) is 0 Å². The number of amides is 1. The Balaban J connectivity index is 1.58. The van der Waals surface area contributed by atoms with Crippen molar-refractivity contribution < 1.29 is 4.79 Å². The van der Waals surface area contributed by atoms with E-state index < -0.39 is 0 Å². The molecule has 1 amide bonds. The Morgan fingerprint density at radius 3 is 2.21 bits per heavy atom. The maximum atomic E-state index is 12.8. The monoisotopic (exact) mass is 405 g/mol. The first-order valence-corrected chi connectivity index (χ1v) is 12.1. The van der Waals surface area contributed by atoms with Gasteiger partial charge in [-0.15, -0.1) is 0 Å². The highest BCUT2D eigenvalue weighted by Crippen LogP contribution is 2.32. The number of aromatic nitrogens is 2. The largest absolute Gasteiger partial charge is 0.353 e. The van der Waals surface area contributed by atoms with Crippen molar-refractivity contribution in [2.45, 2.75) is 108 Å². The lowest BCUT2D eigenvalue weighted by atomic mass is 9.97. The summed E-state index contributed by atoms with van der Waals surface area (Å²) >= 11 is 1.59. The van der Waals surface area contributed by atoms with Gasteiger partial charge in [0, 0.05) is 29.5 Å². The van der Waals surface area contributed by atoms with Gasteiger partial charge in [-0.3, -0.25) is 14.2 Å². The second-order valence-electron chi connectivity index (χ2n) is 8.47. The van der Waals surface area contributed by atoms with Gasteiger partial charge in [0.15, 0.2) is 5.16 Å². The van der Waals surface area contributed by atoms with E-state index in [-0.39, 0.29) is 23.6 Å². The first-order chi connectivity index (χ1) is 13.6. The molecule has 1 atom stereocenters. The molecule has 6 heteroatoms. The smallest absolute Gasteiger partial charge is 0.257 e. The van der Waals surface area contributed by atoms with E-state index in [2.05, 4.69) is 10.3 Å². The summed E-state index contributed by atoms with van der Waals surface area (Å²) in [6, 6.07) is 0.209. The molecular formula is C22H35N3O2S. The van der Waals surface area contributed by atoms with Gasteiger partial charge < -0.3 is 5.32 Å². The minimum Gasteiger partial charge on any atom is -0.353 e. The van der Waals surface area contributed by atoms with Gasteiger partial charge in [-0.25, -0.2) is 4.98 Å². The van der Waals surface area contributed by atoms with Gasteiger partial charge >= 0.3 is 0 Å². The summed E-state index contributed by atoms with van der Waals surface area (Å²) in [6.07, 6.45) is 14.3. The molecule has 1 fully saturated rings. The van der Waals surface area contributed by atoms with E-state index in [1.165, 1.54) is 57.8 Å². The molecular weight excluding hydrogens is 370 g/mol. The molecule has 28 heavy (non-hydrogen) atoms. The lowest BCUT2D eigenvalue weighted by Crippen LogP contribution is -2.37. The predicted octanol–water partition coefficient (Wildman–Crippen LogP) is 4.69. The van der Waals surface area contributed by atoms with Crippen LogP contribution in [0.25, 0.3) is 0 Å². The number of nitrogens with zero attached hydrogens (tertiary/aromatic N) is 2. The van der Waals surface area contributed by atoms with Gasteiger partial charge in [0.1, 0.15) is 0 Å². The van der Waals surface area contributed by atoms with Crippen LogP contribution in [0.3, 0.4) is 0 Å². The maximum absolute atomic E-state index is 12.8. The van der Waals surface area contributed by atoms with E-state index in [0.717, 1.165) is 29.4 Å². The fourth-order valence-corrected chi connectivity index (χ4v) is 5.51. The Hall–Kier alpha value is -1.30. The molecule has 156 valence electrons. The number of rotatable bonds is 3. The summed E-state index contributed by atoms with van der Waals surface area (Å²) in [5, 5.41) is 4.05. The molecule has 1 saturated carbocycles. The van der Waals surface area contributed by atoms with Crippen LogP contribution in [-0.2, 0) is 4.79 Å². The molecule has 1 aromatic rings. The van der Waals surface area contributed by atoms with Crippen LogP contribution in [0.15, 0.2) is 9.95 Å². The minimum absolute atomic E-state index is 0.0105. The zero-order chi connectivity index (χ0) is 19.9. The van der Waals surface area contributed by atoms with Crippen LogP contribution < -0.4 is 10.9 Å². The van der Waals surface area contributed by atoms with E-state index >= 15 is 0 Å². The number of hydrogen-bond donors (Lipinski definition) is 1. The average molecular weight is 406 g/mol. The van der Waals surface area contributed by atoms with Gasteiger partial charge in [0.05, 0.1) is 6.04 Å². The second-order valence-corrected chi connectivity index (χ2v) is 9.46. The third kappa shape index (κ3) is 5.62. The molecule has 2 aliphatic rings. The normalized spacial score (nSPS) is 22.1. The van der Waals surface area contributed by atoms with Crippen LogP contribution in [-0.4, -0.2) is 27.3 Å². The third-order valence-electron chi connectivity index (χ3n) is 6.21. The summed E-state index contributed by atoms with van der Waals surface area (Å²) in [4.78, 5) is 30.0. The average Bonchev–Trinajstić information content (AvgIpc) is 3.04. The number of carbonyl (C=O) groups is 1. The van der Waals surface area contributed by atoms with Crippen molar-refractivity contribution in [2.24, 2.45) is 0 Å². The van der Waals surface area contributed by atoms with E-state index in [4.69, 9.17) is 0 Å². The number of aryl methyl sites for hydroxylation is 1. The minimum atomic E-state index is -0.0782. The van der Waals surface area contributed by atoms with Crippen LogP contribution >= 0.6 is 11.8 Å². The van der Waals surface area contributed by atoms with E-state index in [9.17, 15) is 9.59 Å². The third-order valence-corrected chi connectivity index (χ3v) is 7.31. The Labute approximate surface area is 173 Å². The fourth-order valence-electron chi connectivity index (χ4n) is 4.33. The number of nitrogens with one attached hydrogen (secondary N) is 1. The van der Waals surface area contributed by atoms with Crippen molar-refractivity contribution in [1.82, 2.24) is 14.9 Å². The van der Waals surface area contributed by atoms with E-state index in [0.29, 0.717) is 12.0 Å². The molecule has 0 saturated heterocycles. The highest BCUT2D eigenvalue weighted by molar-refractivity contribution is 7.99. The molecule has 3 rings (SSSR count). The molecule has 0 spiro atoms. The topological polar surface area (TPSA) is 64.0 Å². The van der Waals surface area contributed by atoms with Crippen molar-refractivity contribution in [3.63, 3.8) is 0 Å². The van der Waals surface area contributed by atoms with Gasteiger partial charge in [0.2, 0.25) is 5.91 Å². The molecule has 1 aliphatic carbocycles. The molecule has 1 unspecified atom stereocenters. The summed E-state index contributed by atoms with van der Waals surface area (Å²) < 4.78 is 1.74. The summed E-state index contributed by atoms with van der Waals surface area (Å²) in [5.74, 6) is 0.837. The van der Waals surface area contributed by atoms with Crippen molar-refractivity contribution in [2.75, 3.05) is 5.75 Å². The molecule has 0 radical (unpaired) electrons. The first-order valence-electron chi connectivity index (χ1n) is 11.1. The Morgan fingerprint density at radius 1 is 1.04 bits per heavy atom. The van der Waals surface area contributed by atoms with Crippen molar-refractivity contribution in [1.29, 1.82) is 0 Å². The zero-order valence-corrected chi connectivity index (χ0v) is 18.3. The Bertz CT molecular complexity index is 719. The van der Waals surface area contributed by atoms with Gasteiger partial charge in [-0.1, -0.05) is 69.5 Å². The van der Waals surface area contributed by atoms with Gasteiger partial charge in [0.25, 0.3) is 5.56 Å². The summed E-state index contributed by atoms with van der Waals surface area (Å²) in [7, 11) is 0. The summed E-state index contributed by atoms with van der Waals surface area (Å²) in [6.45, 7) is 3.70. The van der Waals surface area contributed by atoms with Crippen LogP contribution in [0.2, 0.25) is 0 Å². The Kier molecular flexibility index (Phi) is 8.00. The van der Waals surface area contributed by atoms with Gasteiger partial charge in [-0.2, -0.15) is 0 Å². The molecule has 0 bridgehead atoms.